The van der Waals surface area contributed by atoms with E-state index in [-0.39, 0.29) is 11.8 Å². The predicted molar refractivity (Wildman–Crippen MR) is 102 cm³/mol. The fourth-order valence-electron chi connectivity index (χ4n) is 4.75. The summed E-state index contributed by atoms with van der Waals surface area (Å²) in [7, 11) is 0. The number of carbonyl (C=O) groups excluding carboxylic acids is 2. The highest BCUT2D eigenvalue weighted by Gasteiger charge is 2.31. The van der Waals surface area contributed by atoms with E-state index >= 15 is 0 Å². The van der Waals surface area contributed by atoms with Gasteiger partial charge in [0.2, 0.25) is 11.8 Å². The van der Waals surface area contributed by atoms with Gasteiger partial charge in [-0.3, -0.25) is 9.59 Å². The van der Waals surface area contributed by atoms with E-state index in [2.05, 4.69) is 18.2 Å². The number of rotatable bonds is 3. The van der Waals surface area contributed by atoms with E-state index in [1.165, 1.54) is 30.4 Å². The summed E-state index contributed by atoms with van der Waals surface area (Å²) < 4.78 is 0. The van der Waals surface area contributed by atoms with Gasteiger partial charge in [0.05, 0.1) is 6.42 Å². The molecule has 3 aliphatic rings. The van der Waals surface area contributed by atoms with Crippen molar-refractivity contribution < 1.29 is 9.59 Å². The fourth-order valence-corrected chi connectivity index (χ4v) is 4.75. The Hall–Kier alpha value is -1.84. The summed E-state index contributed by atoms with van der Waals surface area (Å²) in [5.41, 5.74) is 4.05. The molecule has 4 rings (SSSR count). The molecular weight excluding hydrogens is 324 g/mol. The Kier molecular flexibility index (Phi) is 5.28. The smallest absolute Gasteiger partial charge is 0.226 e. The Labute approximate surface area is 156 Å². The molecule has 2 fully saturated rings. The summed E-state index contributed by atoms with van der Waals surface area (Å²) in [6.45, 7) is 3.31. The van der Waals surface area contributed by atoms with Gasteiger partial charge in [-0.2, -0.15) is 0 Å². The van der Waals surface area contributed by atoms with Crippen molar-refractivity contribution in [2.24, 2.45) is 5.92 Å². The van der Waals surface area contributed by atoms with Crippen molar-refractivity contribution in [3.63, 3.8) is 0 Å². The number of amides is 2. The number of nitrogens with zero attached hydrogens (tertiary/aromatic N) is 2. The maximum atomic E-state index is 12.7. The quantitative estimate of drug-likeness (QED) is 0.837. The molecule has 26 heavy (non-hydrogen) atoms. The zero-order valence-electron chi connectivity index (χ0n) is 15.7. The van der Waals surface area contributed by atoms with Crippen LogP contribution in [0.15, 0.2) is 18.2 Å². The molecule has 2 amide bonds. The van der Waals surface area contributed by atoms with Crippen molar-refractivity contribution in [1.29, 1.82) is 0 Å². The minimum atomic E-state index is 0.126. The summed E-state index contributed by atoms with van der Waals surface area (Å²) in [6, 6.07) is 6.60. The number of carbonyl (C=O) groups is 2. The molecule has 2 aliphatic heterocycles. The number of benzene rings is 1. The lowest BCUT2D eigenvalue weighted by atomic mass is 9.89. The van der Waals surface area contributed by atoms with Crippen molar-refractivity contribution in [3.05, 3.63) is 34.9 Å². The molecule has 0 saturated carbocycles. The number of fused-ring (bicyclic) bond motifs is 1. The maximum Gasteiger partial charge on any atom is 0.226 e. The molecule has 2 saturated heterocycles. The number of hydrogen-bond donors (Lipinski definition) is 0. The third kappa shape index (κ3) is 3.79. The van der Waals surface area contributed by atoms with Crippen LogP contribution >= 0.6 is 0 Å². The van der Waals surface area contributed by atoms with Crippen LogP contribution in [0.25, 0.3) is 0 Å². The van der Waals surface area contributed by atoms with E-state index in [0.717, 1.165) is 63.8 Å². The van der Waals surface area contributed by atoms with E-state index in [0.29, 0.717) is 12.3 Å². The van der Waals surface area contributed by atoms with Crippen LogP contribution in [-0.4, -0.2) is 47.8 Å². The highest BCUT2D eigenvalue weighted by molar-refractivity contribution is 5.81. The van der Waals surface area contributed by atoms with Crippen molar-refractivity contribution >= 4 is 11.8 Å². The molecule has 1 aromatic carbocycles. The number of piperidine rings is 1. The third-order valence-electron chi connectivity index (χ3n) is 6.38. The van der Waals surface area contributed by atoms with Crippen molar-refractivity contribution in [2.45, 2.75) is 57.8 Å². The van der Waals surface area contributed by atoms with Crippen LogP contribution in [0.1, 0.15) is 55.2 Å². The second-order valence-electron chi connectivity index (χ2n) is 8.17. The number of likely N-dealkylation sites (tertiary alicyclic amines) is 2. The van der Waals surface area contributed by atoms with Crippen molar-refractivity contribution in [3.8, 4) is 0 Å². The molecule has 0 N–H and O–H groups in total. The van der Waals surface area contributed by atoms with Gasteiger partial charge in [0, 0.05) is 32.1 Å². The fraction of sp³-hybridized carbons (Fsp3) is 0.636. The lowest BCUT2D eigenvalue weighted by molar-refractivity contribution is -0.139. The summed E-state index contributed by atoms with van der Waals surface area (Å²) >= 11 is 0. The zero-order valence-corrected chi connectivity index (χ0v) is 15.7. The molecule has 0 radical (unpaired) electrons. The van der Waals surface area contributed by atoms with E-state index in [1.807, 2.05) is 9.80 Å². The molecule has 0 aromatic heterocycles. The molecule has 0 bridgehead atoms. The van der Waals surface area contributed by atoms with Gasteiger partial charge in [0.1, 0.15) is 0 Å². The average Bonchev–Trinajstić information content (AvgIpc) is 3.22. The average molecular weight is 354 g/mol. The van der Waals surface area contributed by atoms with Crippen LogP contribution in [-0.2, 0) is 28.9 Å². The molecule has 0 atom stereocenters. The maximum absolute atomic E-state index is 12.7. The molecule has 1 aromatic rings. The van der Waals surface area contributed by atoms with Gasteiger partial charge >= 0.3 is 0 Å². The summed E-state index contributed by atoms with van der Waals surface area (Å²) in [4.78, 5) is 29.2. The van der Waals surface area contributed by atoms with Crippen LogP contribution in [0.5, 0.6) is 0 Å². The first-order chi connectivity index (χ1) is 12.7. The van der Waals surface area contributed by atoms with Crippen LogP contribution < -0.4 is 0 Å². The second-order valence-corrected chi connectivity index (χ2v) is 8.17. The minimum absolute atomic E-state index is 0.126. The molecule has 0 spiro atoms. The molecular formula is C22H30N2O2. The monoisotopic (exact) mass is 354 g/mol. The van der Waals surface area contributed by atoms with Crippen molar-refractivity contribution in [2.75, 3.05) is 26.2 Å². The van der Waals surface area contributed by atoms with Gasteiger partial charge in [0.15, 0.2) is 0 Å². The van der Waals surface area contributed by atoms with Crippen LogP contribution in [0, 0.1) is 5.92 Å². The van der Waals surface area contributed by atoms with Crippen molar-refractivity contribution in [1.82, 2.24) is 9.80 Å². The first-order valence-corrected chi connectivity index (χ1v) is 10.4. The summed E-state index contributed by atoms with van der Waals surface area (Å²) in [5, 5.41) is 0. The topological polar surface area (TPSA) is 40.6 Å². The first kappa shape index (κ1) is 17.6. The minimum Gasteiger partial charge on any atom is -0.342 e. The van der Waals surface area contributed by atoms with Crippen LogP contribution in [0.3, 0.4) is 0 Å². The van der Waals surface area contributed by atoms with Gasteiger partial charge in [-0.15, -0.1) is 0 Å². The van der Waals surface area contributed by atoms with E-state index in [9.17, 15) is 9.59 Å². The first-order valence-electron chi connectivity index (χ1n) is 10.4. The Morgan fingerprint density at radius 1 is 0.846 bits per heavy atom. The Morgan fingerprint density at radius 2 is 1.54 bits per heavy atom. The van der Waals surface area contributed by atoms with Gasteiger partial charge < -0.3 is 9.80 Å². The standard InChI is InChI=1S/C22H30N2O2/c25-21(16-17-7-8-18-5-1-2-6-20(18)15-17)23-13-9-19(10-14-23)22(26)24-11-3-4-12-24/h7-8,15,19H,1-6,9-14,16H2. The Morgan fingerprint density at radius 3 is 2.27 bits per heavy atom. The highest BCUT2D eigenvalue weighted by Crippen LogP contribution is 2.24. The SMILES string of the molecule is O=C(Cc1ccc2c(c1)CCCC2)N1CCC(C(=O)N2CCCC2)CC1. The summed E-state index contributed by atoms with van der Waals surface area (Å²) in [5.74, 6) is 0.665. The lowest BCUT2D eigenvalue weighted by Crippen LogP contribution is -2.44. The highest BCUT2D eigenvalue weighted by atomic mass is 16.2. The second kappa shape index (κ2) is 7.81. The lowest BCUT2D eigenvalue weighted by Gasteiger charge is -2.33. The molecule has 1 aliphatic carbocycles. The van der Waals surface area contributed by atoms with E-state index < -0.39 is 0 Å². The van der Waals surface area contributed by atoms with Crippen LogP contribution in [0.2, 0.25) is 0 Å². The predicted octanol–water partition coefficient (Wildman–Crippen LogP) is 2.97. The zero-order chi connectivity index (χ0) is 17.9. The van der Waals surface area contributed by atoms with E-state index in [1.54, 1.807) is 0 Å². The molecule has 0 unspecified atom stereocenters. The summed E-state index contributed by atoms with van der Waals surface area (Å²) in [6.07, 6.45) is 9.32. The number of hydrogen-bond acceptors (Lipinski definition) is 2. The molecule has 4 heteroatoms. The third-order valence-corrected chi connectivity index (χ3v) is 6.38. The molecule has 2 heterocycles. The van der Waals surface area contributed by atoms with Gasteiger partial charge in [0.25, 0.3) is 0 Å². The normalized spacial score (nSPS) is 20.9. The van der Waals surface area contributed by atoms with Gasteiger partial charge in [-0.1, -0.05) is 18.2 Å². The Bertz CT molecular complexity index is 671. The van der Waals surface area contributed by atoms with E-state index in [4.69, 9.17) is 0 Å². The Balaban J connectivity index is 1.30. The van der Waals surface area contributed by atoms with Gasteiger partial charge in [-0.25, -0.2) is 0 Å². The number of aryl methyl sites for hydroxylation is 2. The van der Waals surface area contributed by atoms with Crippen LogP contribution in [0.4, 0.5) is 0 Å². The largest absolute Gasteiger partial charge is 0.342 e. The molecule has 140 valence electrons. The van der Waals surface area contributed by atoms with Gasteiger partial charge in [-0.05, 0) is 68.1 Å². The molecule has 4 nitrogen and oxygen atoms in total.